The molecule has 1 heterocycles. The Balaban J connectivity index is 1.90. The second kappa shape index (κ2) is 5.24. The number of benzene rings is 1. The molecule has 2 rings (SSSR count). The highest BCUT2D eigenvalue weighted by molar-refractivity contribution is 5.22. The van der Waals surface area contributed by atoms with Gasteiger partial charge in [0.15, 0.2) is 0 Å². The van der Waals surface area contributed by atoms with E-state index in [4.69, 9.17) is 4.74 Å². The van der Waals surface area contributed by atoms with E-state index in [1.54, 1.807) is 12.1 Å². The highest BCUT2D eigenvalue weighted by Gasteiger charge is 2.37. The van der Waals surface area contributed by atoms with E-state index in [9.17, 15) is 9.50 Å². The van der Waals surface area contributed by atoms with Gasteiger partial charge in [0.2, 0.25) is 0 Å². The summed E-state index contributed by atoms with van der Waals surface area (Å²) in [5.74, 6) is 0.140. The third kappa shape index (κ3) is 3.21. The molecule has 0 saturated carbocycles. The number of hydrogen-bond donors (Lipinski definition) is 1. The lowest BCUT2D eigenvalue weighted by atomic mass is 10.1. The van der Waals surface area contributed by atoms with Crippen LogP contribution in [0.15, 0.2) is 24.3 Å². The van der Waals surface area contributed by atoms with Crippen LogP contribution in [0.5, 0.6) is 5.75 Å². The fourth-order valence-electron chi connectivity index (χ4n) is 2.22. The number of ether oxygens (including phenoxy) is 1. The van der Waals surface area contributed by atoms with Crippen LogP contribution in [0.3, 0.4) is 0 Å². The largest absolute Gasteiger partial charge is 0.490 e. The van der Waals surface area contributed by atoms with E-state index in [2.05, 4.69) is 18.7 Å². The average Bonchev–Trinajstić information content (AvgIpc) is 2.71. The Kier molecular flexibility index (Phi) is 3.88. The zero-order valence-corrected chi connectivity index (χ0v) is 10.9. The van der Waals surface area contributed by atoms with Crippen molar-refractivity contribution in [1.29, 1.82) is 0 Å². The third-order valence-corrected chi connectivity index (χ3v) is 3.40. The van der Waals surface area contributed by atoms with Gasteiger partial charge in [0.05, 0.1) is 0 Å². The van der Waals surface area contributed by atoms with Crippen LogP contribution in [0.1, 0.15) is 20.3 Å². The zero-order chi connectivity index (χ0) is 13.2. The van der Waals surface area contributed by atoms with Crippen molar-refractivity contribution in [2.75, 3.05) is 19.7 Å². The van der Waals surface area contributed by atoms with Crippen molar-refractivity contribution >= 4 is 0 Å². The molecule has 1 aromatic rings. The second-order valence-corrected chi connectivity index (χ2v) is 5.28. The molecular weight excluding hydrogens is 233 g/mol. The van der Waals surface area contributed by atoms with Crippen LogP contribution < -0.4 is 4.74 Å². The predicted molar refractivity (Wildman–Crippen MR) is 68.2 cm³/mol. The van der Waals surface area contributed by atoms with Crippen LogP contribution in [0.2, 0.25) is 0 Å². The number of halogens is 1. The molecule has 0 radical (unpaired) electrons. The van der Waals surface area contributed by atoms with Gasteiger partial charge in [-0.25, -0.2) is 4.39 Å². The zero-order valence-electron chi connectivity index (χ0n) is 10.9. The quantitative estimate of drug-likeness (QED) is 0.891. The molecule has 1 fully saturated rings. The number of β-amino-alcohol motifs (C(OH)–C–C–N with tert-alkyl or cyclic N) is 1. The van der Waals surface area contributed by atoms with Crippen molar-refractivity contribution in [2.24, 2.45) is 0 Å². The average molecular weight is 253 g/mol. The number of hydrogen-bond acceptors (Lipinski definition) is 3. The summed E-state index contributed by atoms with van der Waals surface area (Å²) in [7, 11) is 0. The van der Waals surface area contributed by atoms with Crippen LogP contribution in [-0.2, 0) is 0 Å². The standard InChI is InChI=1S/C14H20FNO2/c1-11(2)16-7-6-14(17,9-16)10-18-13-5-3-4-12(15)8-13/h3-5,8,11,17H,6-7,9-10H2,1-2H3. The summed E-state index contributed by atoms with van der Waals surface area (Å²) in [6.07, 6.45) is 0.695. The van der Waals surface area contributed by atoms with Gasteiger partial charge in [-0.3, -0.25) is 4.90 Å². The number of rotatable bonds is 4. The second-order valence-electron chi connectivity index (χ2n) is 5.28. The topological polar surface area (TPSA) is 32.7 Å². The monoisotopic (exact) mass is 253 g/mol. The Bertz CT molecular complexity index is 411. The maximum atomic E-state index is 13.0. The first-order chi connectivity index (χ1) is 8.48. The molecule has 1 N–H and O–H groups in total. The first-order valence-electron chi connectivity index (χ1n) is 6.33. The minimum absolute atomic E-state index is 0.208. The lowest BCUT2D eigenvalue weighted by molar-refractivity contribution is 0.00157. The summed E-state index contributed by atoms with van der Waals surface area (Å²) >= 11 is 0. The predicted octanol–water partition coefficient (Wildman–Crippen LogP) is 2.05. The molecule has 0 aromatic heterocycles. The Labute approximate surface area is 107 Å². The van der Waals surface area contributed by atoms with Gasteiger partial charge in [0.25, 0.3) is 0 Å². The van der Waals surface area contributed by atoms with Crippen LogP contribution in [0, 0.1) is 5.82 Å². The van der Waals surface area contributed by atoms with Gasteiger partial charge in [0.1, 0.15) is 23.8 Å². The maximum absolute atomic E-state index is 13.0. The molecule has 4 heteroatoms. The van der Waals surface area contributed by atoms with Crippen LogP contribution in [0.4, 0.5) is 4.39 Å². The van der Waals surface area contributed by atoms with E-state index < -0.39 is 5.60 Å². The normalized spacial score (nSPS) is 24.7. The Morgan fingerprint density at radius 3 is 2.89 bits per heavy atom. The molecule has 1 atom stereocenters. The fourth-order valence-corrected chi connectivity index (χ4v) is 2.22. The SMILES string of the molecule is CC(C)N1CCC(O)(COc2cccc(F)c2)C1. The van der Waals surface area contributed by atoms with Gasteiger partial charge in [-0.05, 0) is 32.4 Å². The van der Waals surface area contributed by atoms with Gasteiger partial charge in [-0.1, -0.05) is 6.07 Å². The molecule has 0 spiro atoms. The molecule has 3 nitrogen and oxygen atoms in total. The Hall–Kier alpha value is -1.13. The smallest absolute Gasteiger partial charge is 0.126 e. The number of nitrogens with zero attached hydrogens (tertiary/aromatic N) is 1. The van der Waals surface area contributed by atoms with Gasteiger partial charge in [-0.2, -0.15) is 0 Å². The Morgan fingerprint density at radius 2 is 2.28 bits per heavy atom. The molecule has 0 bridgehead atoms. The van der Waals surface area contributed by atoms with Crippen LogP contribution in [-0.4, -0.2) is 41.3 Å². The van der Waals surface area contributed by atoms with Crippen molar-refractivity contribution in [1.82, 2.24) is 4.90 Å². The molecule has 1 unspecified atom stereocenters. The van der Waals surface area contributed by atoms with Gasteiger partial charge >= 0.3 is 0 Å². The minimum Gasteiger partial charge on any atom is -0.490 e. The minimum atomic E-state index is -0.823. The first-order valence-corrected chi connectivity index (χ1v) is 6.33. The van der Waals surface area contributed by atoms with Gasteiger partial charge in [0, 0.05) is 25.2 Å². The van der Waals surface area contributed by atoms with E-state index in [1.807, 2.05) is 0 Å². The highest BCUT2D eigenvalue weighted by Crippen LogP contribution is 2.24. The fraction of sp³-hybridized carbons (Fsp3) is 0.571. The molecule has 0 aliphatic carbocycles. The van der Waals surface area contributed by atoms with Crippen molar-refractivity contribution in [3.8, 4) is 5.75 Å². The molecule has 1 aliphatic rings. The van der Waals surface area contributed by atoms with Crippen molar-refractivity contribution in [2.45, 2.75) is 31.9 Å². The van der Waals surface area contributed by atoms with Crippen LogP contribution in [0.25, 0.3) is 0 Å². The summed E-state index contributed by atoms with van der Waals surface area (Å²) in [4.78, 5) is 2.22. The summed E-state index contributed by atoms with van der Waals surface area (Å²) in [5.41, 5.74) is -0.823. The summed E-state index contributed by atoms with van der Waals surface area (Å²) < 4.78 is 18.5. The Morgan fingerprint density at radius 1 is 1.50 bits per heavy atom. The van der Waals surface area contributed by atoms with E-state index in [1.165, 1.54) is 12.1 Å². The molecular formula is C14H20FNO2. The molecule has 1 saturated heterocycles. The third-order valence-electron chi connectivity index (χ3n) is 3.40. The summed E-state index contributed by atoms with van der Waals surface area (Å²) in [6.45, 7) is 5.92. The lowest BCUT2D eigenvalue weighted by Crippen LogP contribution is -2.40. The lowest BCUT2D eigenvalue weighted by Gasteiger charge is -2.25. The molecule has 0 amide bonds. The molecule has 100 valence electrons. The number of aliphatic hydroxyl groups is 1. The van der Waals surface area contributed by atoms with Gasteiger partial charge < -0.3 is 9.84 Å². The molecule has 18 heavy (non-hydrogen) atoms. The number of likely N-dealkylation sites (tertiary alicyclic amines) is 1. The highest BCUT2D eigenvalue weighted by atomic mass is 19.1. The van der Waals surface area contributed by atoms with E-state index in [0.717, 1.165) is 6.54 Å². The van der Waals surface area contributed by atoms with Crippen molar-refractivity contribution in [3.05, 3.63) is 30.1 Å². The van der Waals surface area contributed by atoms with Gasteiger partial charge in [-0.15, -0.1) is 0 Å². The summed E-state index contributed by atoms with van der Waals surface area (Å²) in [6, 6.07) is 6.43. The van der Waals surface area contributed by atoms with Crippen molar-refractivity contribution < 1.29 is 14.2 Å². The van der Waals surface area contributed by atoms with E-state index in [-0.39, 0.29) is 12.4 Å². The first kappa shape index (κ1) is 13.3. The van der Waals surface area contributed by atoms with Crippen molar-refractivity contribution in [3.63, 3.8) is 0 Å². The van der Waals surface area contributed by atoms with E-state index in [0.29, 0.717) is 24.8 Å². The summed E-state index contributed by atoms with van der Waals surface area (Å²) in [5, 5.41) is 10.4. The molecule has 1 aromatic carbocycles. The van der Waals surface area contributed by atoms with E-state index >= 15 is 0 Å². The molecule has 1 aliphatic heterocycles. The maximum Gasteiger partial charge on any atom is 0.126 e. The van der Waals surface area contributed by atoms with Crippen LogP contribution >= 0.6 is 0 Å².